The first-order chi connectivity index (χ1) is 8.79. The molecule has 1 N–H and O–H groups in total. The fourth-order valence-electron chi connectivity index (χ4n) is 1.77. The fraction of sp³-hybridized carbons (Fsp3) is 0.200. The zero-order valence-corrected chi connectivity index (χ0v) is 11.9. The van der Waals surface area contributed by atoms with Gasteiger partial charge in [-0.3, -0.25) is 0 Å². The molecule has 0 saturated carbocycles. The lowest BCUT2D eigenvalue weighted by Crippen LogP contribution is -2.12. The van der Waals surface area contributed by atoms with Crippen LogP contribution in [0.25, 0.3) is 0 Å². The minimum Gasteiger partial charge on any atom is -0.496 e. The summed E-state index contributed by atoms with van der Waals surface area (Å²) in [5.74, 6) is 0.863. The van der Waals surface area contributed by atoms with Gasteiger partial charge in [-0.2, -0.15) is 0 Å². The molecule has 0 aromatic heterocycles. The zero-order valence-electron chi connectivity index (χ0n) is 10.3. The molecule has 94 valence electrons. The van der Waals surface area contributed by atoms with Gasteiger partial charge < -0.3 is 10.1 Å². The Kier molecular flexibility index (Phi) is 4.79. The molecule has 0 aliphatic carbocycles. The van der Waals surface area contributed by atoms with Crippen LogP contribution in [0.4, 0.5) is 0 Å². The van der Waals surface area contributed by atoms with E-state index < -0.39 is 0 Å². The van der Waals surface area contributed by atoms with Crippen molar-refractivity contribution in [1.82, 2.24) is 5.32 Å². The summed E-state index contributed by atoms with van der Waals surface area (Å²) < 4.78 is 6.20. The first-order valence-corrected chi connectivity index (χ1v) is 6.66. The highest BCUT2D eigenvalue weighted by Gasteiger charge is 2.01. The number of halogens is 1. The average molecular weight is 306 g/mol. The van der Waals surface area contributed by atoms with E-state index in [1.807, 2.05) is 12.1 Å². The van der Waals surface area contributed by atoms with Gasteiger partial charge in [0.05, 0.1) is 11.6 Å². The summed E-state index contributed by atoms with van der Waals surface area (Å²) in [5, 5.41) is 3.42. The Morgan fingerprint density at radius 1 is 1.00 bits per heavy atom. The minimum absolute atomic E-state index is 0.845. The molecule has 0 spiro atoms. The second-order valence-electron chi connectivity index (χ2n) is 4.06. The van der Waals surface area contributed by atoms with Crippen molar-refractivity contribution >= 4 is 15.9 Å². The summed E-state index contributed by atoms with van der Waals surface area (Å²) in [6.07, 6.45) is 0. The van der Waals surface area contributed by atoms with Crippen LogP contribution < -0.4 is 10.1 Å². The third-order valence-electron chi connectivity index (χ3n) is 2.72. The Labute approximate surface area is 116 Å². The Bertz CT molecular complexity index is 499. The summed E-state index contributed by atoms with van der Waals surface area (Å²) in [4.78, 5) is 0. The maximum atomic E-state index is 5.21. The molecule has 0 unspecified atom stereocenters. The second-order valence-corrected chi connectivity index (χ2v) is 4.91. The predicted molar refractivity (Wildman–Crippen MR) is 77.7 cm³/mol. The smallest absolute Gasteiger partial charge is 0.133 e. The Morgan fingerprint density at radius 3 is 2.39 bits per heavy atom. The molecule has 0 amide bonds. The molecular formula is C15H16BrNO. The third-order valence-corrected chi connectivity index (χ3v) is 3.34. The molecule has 0 atom stereocenters. The summed E-state index contributed by atoms with van der Waals surface area (Å²) >= 11 is 3.49. The van der Waals surface area contributed by atoms with E-state index >= 15 is 0 Å². The summed E-state index contributed by atoms with van der Waals surface area (Å²) in [7, 11) is 1.67. The van der Waals surface area contributed by atoms with Gasteiger partial charge >= 0.3 is 0 Å². The van der Waals surface area contributed by atoms with Crippen LogP contribution in [0.1, 0.15) is 11.1 Å². The van der Waals surface area contributed by atoms with Gasteiger partial charge in [0.1, 0.15) is 5.75 Å². The lowest BCUT2D eigenvalue weighted by atomic mass is 10.2. The molecule has 0 aliphatic rings. The van der Waals surface area contributed by atoms with Crippen LogP contribution in [0.5, 0.6) is 5.75 Å². The molecule has 0 bridgehead atoms. The summed E-state index contributed by atoms with van der Waals surface area (Å²) in [6, 6.07) is 16.5. The van der Waals surface area contributed by atoms with E-state index in [0.717, 1.165) is 23.3 Å². The van der Waals surface area contributed by atoms with Gasteiger partial charge in [0.15, 0.2) is 0 Å². The van der Waals surface area contributed by atoms with E-state index in [9.17, 15) is 0 Å². The van der Waals surface area contributed by atoms with E-state index in [0.29, 0.717) is 0 Å². The van der Waals surface area contributed by atoms with Crippen molar-refractivity contribution in [3.63, 3.8) is 0 Å². The monoisotopic (exact) mass is 305 g/mol. The number of hydrogen-bond donors (Lipinski definition) is 1. The van der Waals surface area contributed by atoms with Gasteiger partial charge in [-0.25, -0.2) is 0 Å². The molecule has 2 aromatic rings. The van der Waals surface area contributed by atoms with Gasteiger partial charge in [-0.1, -0.05) is 36.4 Å². The number of hydrogen-bond acceptors (Lipinski definition) is 2. The standard InChI is InChI=1S/C15H16BrNO/c1-18-15-8-7-13(9-14(15)16)11-17-10-12-5-3-2-4-6-12/h2-9,17H,10-11H2,1H3. The van der Waals surface area contributed by atoms with Crippen molar-refractivity contribution in [1.29, 1.82) is 0 Å². The Hall–Kier alpha value is -1.32. The van der Waals surface area contributed by atoms with E-state index in [-0.39, 0.29) is 0 Å². The van der Waals surface area contributed by atoms with Crippen LogP contribution in [-0.4, -0.2) is 7.11 Å². The third kappa shape index (κ3) is 3.59. The van der Waals surface area contributed by atoms with Crippen molar-refractivity contribution in [2.24, 2.45) is 0 Å². The first kappa shape index (κ1) is 13.1. The first-order valence-electron chi connectivity index (χ1n) is 5.86. The molecule has 2 aromatic carbocycles. The van der Waals surface area contributed by atoms with Crippen LogP contribution in [-0.2, 0) is 13.1 Å². The highest BCUT2D eigenvalue weighted by Crippen LogP contribution is 2.25. The lowest BCUT2D eigenvalue weighted by molar-refractivity contribution is 0.412. The van der Waals surface area contributed by atoms with Gasteiger partial charge in [0, 0.05) is 13.1 Å². The predicted octanol–water partition coefficient (Wildman–Crippen LogP) is 3.75. The van der Waals surface area contributed by atoms with E-state index in [4.69, 9.17) is 4.74 Å². The molecule has 0 heterocycles. The minimum atomic E-state index is 0.845. The lowest BCUT2D eigenvalue weighted by Gasteiger charge is -2.08. The maximum Gasteiger partial charge on any atom is 0.133 e. The molecule has 0 aliphatic heterocycles. The number of benzene rings is 2. The molecule has 0 radical (unpaired) electrons. The van der Waals surface area contributed by atoms with Crippen molar-refractivity contribution in [2.45, 2.75) is 13.1 Å². The topological polar surface area (TPSA) is 21.3 Å². The average Bonchev–Trinajstić information content (AvgIpc) is 2.40. The fourth-order valence-corrected chi connectivity index (χ4v) is 2.35. The zero-order chi connectivity index (χ0) is 12.8. The second kappa shape index (κ2) is 6.57. The van der Waals surface area contributed by atoms with Gasteiger partial charge in [0.2, 0.25) is 0 Å². The highest BCUT2D eigenvalue weighted by atomic mass is 79.9. The molecular weight excluding hydrogens is 290 g/mol. The summed E-state index contributed by atoms with van der Waals surface area (Å²) in [5.41, 5.74) is 2.53. The largest absolute Gasteiger partial charge is 0.496 e. The molecule has 0 saturated heterocycles. The number of rotatable bonds is 5. The van der Waals surface area contributed by atoms with Crippen molar-refractivity contribution in [2.75, 3.05) is 7.11 Å². The van der Waals surface area contributed by atoms with Gasteiger partial charge in [0.25, 0.3) is 0 Å². The van der Waals surface area contributed by atoms with Gasteiger partial charge in [-0.15, -0.1) is 0 Å². The van der Waals surface area contributed by atoms with E-state index in [1.54, 1.807) is 7.11 Å². The molecule has 2 rings (SSSR count). The van der Waals surface area contributed by atoms with E-state index in [1.165, 1.54) is 11.1 Å². The van der Waals surface area contributed by atoms with Crippen LogP contribution in [0.2, 0.25) is 0 Å². The summed E-state index contributed by atoms with van der Waals surface area (Å²) in [6.45, 7) is 1.72. The quantitative estimate of drug-likeness (QED) is 0.908. The van der Waals surface area contributed by atoms with Crippen LogP contribution in [0, 0.1) is 0 Å². The van der Waals surface area contributed by atoms with Crippen molar-refractivity contribution < 1.29 is 4.74 Å². The van der Waals surface area contributed by atoms with Crippen molar-refractivity contribution in [3.8, 4) is 5.75 Å². The van der Waals surface area contributed by atoms with Crippen LogP contribution in [0.15, 0.2) is 53.0 Å². The molecule has 2 nitrogen and oxygen atoms in total. The molecule has 3 heteroatoms. The number of nitrogens with one attached hydrogen (secondary N) is 1. The normalized spacial score (nSPS) is 10.3. The van der Waals surface area contributed by atoms with Crippen LogP contribution in [0.3, 0.4) is 0 Å². The maximum absolute atomic E-state index is 5.21. The number of ether oxygens (including phenoxy) is 1. The Balaban J connectivity index is 1.89. The number of methoxy groups -OCH3 is 1. The Morgan fingerprint density at radius 2 is 1.72 bits per heavy atom. The van der Waals surface area contributed by atoms with Gasteiger partial charge in [-0.05, 0) is 39.2 Å². The van der Waals surface area contributed by atoms with E-state index in [2.05, 4.69) is 57.6 Å². The van der Waals surface area contributed by atoms with Crippen molar-refractivity contribution in [3.05, 3.63) is 64.1 Å². The van der Waals surface area contributed by atoms with Crippen LogP contribution >= 0.6 is 15.9 Å². The molecule has 0 fully saturated rings. The SMILES string of the molecule is COc1ccc(CNCc2ccccc2)cc1Br. The molecule has 18 heavy (non-hydrogen) atoms. The highest BCUT2D eigenvalue weighted by molar-refractivity contribution is 9.10.